The summed E-state index contributed by atoms with van der Waals surface area (Å²) in [7, 11) is 0. The zero-order valence-electron chi connectivity index (χ0n) is 13.3. The zero-order chi connectivity index (χ0) is 18.9. The molecule has 0 atom stereocenters. The molecule has 0 saturated heterocycles. The molecule has 2 aromatic carbocycles. The van der Waals surface area contributed by atoms with Crippen LogP contribution in [0.25, 0.3) is 6.08 Å². The highest BCUT2D eigenvalue weighted by Gasteiger charge is 2.16. The fourth-order valence-electron chi connectivity index (χ4n) is 1.84. The van der Waals surface area contributed by atoms with Crippen LogP contribution in [0, 0.1) is 10.1 Å². The maximum absolute atomic E-state index is 11.7. The summed E-state index contributed by atoms with van der Waals surface area (Å²) < 4.78 is 5.81. The Bertz CT molecular complexity index is 856. The fraction of sp³-hybridized carbons (Fsp3) is 0.0588. The van der Waals surface area contributed by atoms with Gasteiger partial charge in [0.05, 0.1) is 11.1 Å². The van der Waals surface area contributed by atoms with Crippen molar-refractivity contribution >= 4 is 51.4 Å². The number of nitro benzene ring substituents is 1. The number of carbonyl (C=O) groups excluding carboxylic acids is 1. The van der Waals surface area contributed by atoms with Crippen molar-refractivity contribution in [3.63, 3.8) is 0 Å². The van der Waals surface area contributed by atoms with Crippen LogP contribution in [0.4, 0.5) is 5.69 Å². The number of halogens is 2. The lowest BCUT2D eigenvalue weighted by Gasteiger charge is -2.05. The maximum atomic E-state index is 11.7. The van der Waals surface area contributed by atoms with Crippen molar-refractivity contribution in [3.05, 3.63) is 73.7 Å². The molecule has 0 aromatic heterocycles. The predicted octanol–water partition coefficient (Wildman–Crippen LogP) is 4.17. The highest BCUT2D eigenvalue weighted by atomic mass is 79.9. The normalized spacial score (nSPS) is 11.4. The summed E-state index contributed by atoms with van der Waals surface area (Å²) in [5.41, 5.74) is 2.92. The Hall–Kier alpha value is -2.71. The molecule has 0 aliphatic rings. The van der Waals surface area contributed by atoms with Gasteiger partial charge in [-0.15, -0.1) is 0 Å². The average Bonchev–Trinajstić information content (AvgIpc) is 2.61. The summed E-state index contributed by atoms with van der Waals surface area (Å²) in [6.45, 7) is -0.431. The molecule has 7 nitrogen and oxygen atoms in total. The second-order valence-corrected chi connectivity index (χ2v) is 6.24. The van der Waals surface area contributed by atoms with Crippen LogP contribution in [0.3, 0.4) is 0 Å². The van der Waals surface area contributed by atoms with Gasteiger partial charge in [-0.2, -0.15) is 5.10 Å². The van der Waals surface area contributed by atoms with Gasteiger partial charge in [0.25, 0.3) is 5.91 Å². The van der Waals surface area contributed by atoms with Crippen molar-refractivity contribution in [3.8, 4) is 5.75 Å². The molecular formula is C17H13BrClN3O4. The summed E-state index contributed by atoms with van der Waals surface area (Å²) in [5, 5.41) is 14.9. The van der Waals surface area contributed by atoms with Gasteiger partial charge in [-0.3, -0.25) is 14.9 Å². The third kappa shape index (κ3) is 6.30. The molecule has 1 N–H and O–H groups in total. The SMILES string of the molecule is O=C(COc1ccc(Cl)cc1[N+](=O)[O-])N/N=C\C(Br)=C\c1ccccc1. The number of nitro groups is 1. The number of hydrazone groups is 1. The van der Waals surface area contributed by atoms with Crippen LogP contribution in [-0.2, 0) is 4.79 Å². The molecule has 9 heteroatoms. The first-order chi connectivity index (χ1) is 12.5. The Kier molecular flexibility index (Phi) is 7.31. The van der Waals surface area contributed by atoms with Gasteiger partial charge in [-0.25, -0.2) is 5.43 Å². The monoisotopic (exact) mass is 437 g/mol. The first-order valence-corrected chi connectivity index (χ1v) is 8.43. The quantitative estimate of drug-likeness (QED) is 0.399. The number of ether oxygens (including phenoxy) is 1. The number of rotatable bonds is 7. The molecule has 0 fully saturated rings. The third-order valence-electron chi connectivity index (χ3n) is 2.96. The minimum atomic E-state index is -0.636. The van der Waals surface area contributed by atoms with E-state index >= 15 is 0 Å². The number of allylic oxidation sites excluding steroid dienone is 1. The van der Waals surface area contributed by atoms with Gasteiger partial charge in [0.2, 0.25) is 0 Å². The molecule has 0 heterocycles. The van der Waals surface area contributed by atoms with E-state index < -0.39 is 17.4 Å². The Balaban J connectivity index is 1.88. The van der Waals surface area contributed by atoms with E-state index in [1.807, 2.05) is 36.4 Å². The van der Waals surface area contributed by atoms with Crippen molar-refractivity contribution in [2.24, 2.45) is 5.10 Å². The van der Waals surface area contributed by atoms with E-state index in [0.29, 0.717) is 4.48 Å². The highest BCUT2D eigenvalue weighted by molar-refractivity contribution is 9.12. The Labute approximate surface area is 162 Å². The lowest BCUT2D eigenvalue weighted by atomic mass is 10.2. The molecule has 0 unspecified atom stereocenters. The molecule has 26 heavy (non-hydrogen) atoms. The Morgan fingerprint density at radius 3 is 2.73 bits per heavy atom. The van der Waals surface area contributed by atoms with Crippen molar-refractivity contribution in [1.29, 1.82) is 0 Å². The second kappa shape index (κ2) is 9.69. The summed E-state index contributed by atoms with van der Waals surface area (Å²) in [4.78, 5) is 22.0. The fourth-order valence-corrected chi connectivity index (χ4v) is 2.38. The number of hydrogen-bond acceptors (Lipinski definition) is 5. The number of nitrogens with zero attached hydrogens (tertiary/aromatic N) is 2. The molecule has 1 amide bonds. The van der Waals surface area contributed by atoms with Crippen LogP contribution >= 0.6 is 27.5 Å². The number of benzene rings is 2. The molecule has 2 rings (SSSR count). The number of hydrogen-bond donors (Lipinski definition) is 1. The van der Waals surface area contributed by atoms with Crippen LogP contribution in [0.1, 0.15) is 5.56 Å². The minimum Gasteiger partial charge on any atom is -0.477 e. The van der Waals surface area contributed by atoms with E-state index in [2.05, 4.69) is 26.5 Å². The summed E-state index contributed by atoms with van der Waals surface area (Å²) in [6, 6.07) is 13.5. The molecule has 0 radical (unpaired) electrons. The first-order valence-electron chi connectivity index (χ1n) is 7.26. The van der Waals surface area contributed by atoms with E-state index in [-0.39, 0.29) is 16.5 Å². The smallest absolute Gasteiger partial charge is 0.312 e. The number of amides is 1. The molecule has 0 spiro atoms. The second-order valence-electron chi connectivity index (χ2n) is 4.89. The largest absolute Gasteiger partial charge is 0.477 e. The molecule has 0 bridgehead atoms. The first kappa shape index (κ1) is 19.6. The van der Waals surface area contributed by atoms with E-state index in [0.717, 1.165) is 11.6 Å². The van der Waals surface area contributed by atoms with Crippen LogP contribution in [0.5, 0.6) is 5.75 Å². The van der Waals surface area contributed by atoms with Crippen LogP contribution < -0.4 is 10.2 Å². The van der Waals surface area contributed by atoms with Gasteiger partial charge in [0.15, 0.2) is 12.4 Å². The number of nitrogens with one attached hydrogen (secondary N) is 1. The van der Waals surface area contributed by atoms with E-state index in [1.54, 1.807) is 0 Å². The molecule has 0 aliphatic heterocycles. The van der Waals surface area contributed by atoms with Crippen LogP contribution in [0.2, 0.25) is 5.02 Å². The van der Waals surface area contributed by atoms with Gasteiger partial charge >= 0.3 is 5.69 Å². The summed E-state index contributed by atoms with van der Waals surface area (Å²) >= 11 is 9.03. The highest BCUT2D eigenvalue weighted by Crippen LogP contribution is 2.29. The van der Waals surface area contributed by atoms with Gasteiger partial charge in [0, 0.05) is 15.6 Å². The zero-order valence-corrected chi connectivity index (χ0v) is 15.6. The molecule has 2 aromatic rings. The van der Waals surface area contributed by atoms with Crippen molar-refractivity contribution in [1.82, 2.24) is 5.43 Å². The van der Waals surface area contributed by atoms with E-state index in [1.165, 1.54) is 18.3 Å². The van der Waals surface area contributed by atoms with Gasteiger partial charge < -0.3 is 4.74 Å². The lowest BCUT2D eigenvalue weighted by molar-refractivity contribution is -0.385. The lowest BCUT2D eigenvalue weighted by Crippen LogP contribution is -2.24. The molecular weight excluding hydrogens is 426 g/mol. The van der Waals surface area contributed by atoms with E-state index in [4.69, 9.17) is 16.3 Å². The Morgan fingerprint density at radius 2 is 2.04 bits per heavy atom. The topological polar surface area (TPSA) is 93.8 Å². The number of carbonyl (C=O) groups is 1. The van der Waals surface area contributed by atoms with Gasteiger partial charge in [-0.05, 0) is 39.7 Å². The van der Waals surface area contributed by atoms with Crippen molar-refractivity contribution in [2.75, 3.05) is 6.61 Å². The van der Waals surface area contributed by atoms with Gasteiger partial charge in [-0.1, -0.05) is 41.9 Å². The molecule has 134 valence electrons. The maximum Gasteiger partial charge on any atom is 0.312 e. The van der Waals surface area contributed by atoms with Crippen LogP contribution in [-0.4, -0.2) is 23.7 Å². The molecule has 0 saturated carbocycles. The average molecular weight is 439 g/mol. The predicted molar refractivity (Wildman–Crippen MR) is 104 cm³/mol. The van der Waals surface area contributed by atoms with E-state index in [9.17, 15) is 14.9 Å². The Morgan fingerprint density at radius 1 is 1.31 bits per heavy atom. The summed E-state index contributed by atoms with van der Waals surface area (Å²) in [5.74, 6) is -0.616. The molecule has 0 aliphatic carbocycles. The summed E-state index contributed by atoms with van der Waals surface area (Å²) in [6.07, 6.45) is 3.23. The third-order valence-corrected chi connectivity index (χ3v) is 3.63. The van der Waals surface area contributed by atoms with Gasteiger partial charge in [0.1, 0.15) is 0 Å². The van der Waals surface area contributed by atoms with Crippen molar-refractivity contribution in [2.45, 2.75) is 0 Å². The standard InChI is InChI=1S/C17H13BrClN3O4/c18-13(8-12-4-2-1-3-5-12)10-20-21-17(23)11-26-16-7-6-14(19)9-15(16)22(24)25/h1-10H,11H2,(H,21,23)/b13-8-,20-10-. The van der Waals surface area contributed by atoms with Crippen molar-refractivity contribution < 1.29 is 14.5 Å². The minimum absolute atomic E-state index is 0.0521. The van der Waals surface area contributed by atoms with Crippen LogP contribution in [0.15, 0.2) is 58.1 Å².